The second-order valence-corrected chi connectivity index (χ2v) is 16.6. The minimum absolute atomic E-state index is 0.00602. The van der Waals surface area contributed by atoms with Crippen LogP contribution in [0.25, 0.3) is 5.57 Å². The largest absolute Gasteiger partial charge is 0.354 e. The number of rotatable bonds is 12. The zero-order chi connectivity index (χ0) is 42.0. The lowest BCUT2D eigenvalue weighted by atomic mass is 9.73. The smallest absolute Gasteiger partial charge is 0.271 e. The molecule has 5 aromatic rings. The van der Waals surface area contributed by atoms with Crippen molar-refractivity contribution < 1.29 is 14.4 Å². The molecule has 2 aromatic heterocycles. The molecule has 3 N–H and O–H groups in total. The molecule has 12 heteroatoms. The van der Waals surface area contributed by atoms with Crippen LogP contribution in [0.1, 0.15) is 106 Å². The van der Waals surface area contributed by atoms with E-state index in [-0.39, 0.29) is 35.5 Å². The first kappa shape index (κ1) is 40.7. The van der Waals surface area contributed by atoms with Gasteiger partial charge < -0.3 is 25.1 Å². The summed E-state index contributed by atoms with van der Waals surface area (Å²) < 4.78 is 0. The highest BCUT2D eigenvalue weighted by atomic mass is 16.2. The highest BCUT2D eigenvalue weighted by Gasteiger charge is 2.44. The van der Waals surface area contributed by atoms with Crippen LogP contribution in [0.2, 0.25) is 0 Å². The first-order valence-electron chi connectivity index (χ1n) is 21.0. The average Bonchev–Trinajstić information content (AvgIpc) is 4.11. The third-order valence-electron chi connectivity index (χ3n) is 12.4. The van der Waals surface area contributed by atoms with Crippen molar-refractivity contribution in [3.63, 3.8) is 0 Å². The Morgan fingerprint density at radius 3 is 1.78 bits per heavy atom. The van der Waals surface area contributed by atoms with Gasteiger partial charge in [-0.2, -0.15) is 0 Å². The fourth-order valence-electron chi connectivity index (χ4n) is 9.43. The van der Waals surface area contributed by atoms with E-state index in [1.807, 2.05) is 133 Å². The first-order chi connectivity index (χ1) is 29.1. The Morgan fingerprint density at radius 2 is 1.28 bits per heavy atom. The van der Waals surface area contributed by atoms with Gasteiger partial charge in [-0.1, -0.05) is 109 Å². The molecule has 310 valence electrons. The van der Waals surface area contributed by atoms with E-state index in [2.05, 4.69) is 45.6 Å². The molecule has 12 nitrogen and oxygen atoms in total. The van der Waals surface area contributed by atoms with E-state index in [0.717, 1.165) is 47.2 Å². The zero-order valence-corrected chi connectivity index (χ0v) is 35.1. The molecule has 3 amide bonds. The molecule has 1 unspecified atom stereocenters. The van der Waals surface area contributed by atoms with Gasteiger partial charge in [-0.05, 0) is 82.6 Å². The molecular weight excluding hydrogens is 751 g/mol. The van der Waals surface area contributed by atoms with Crippen LogP contribution in [0.3, 0.4) is 0 Å². The molecule has 1 aliphatic carbocycles. The molecule has 3 aromatic carbocycles. The van der Waals surface area contributed by atoms with Gasteiger partial charge in [0.15, 0.2) is 5.69 Å². The van der Waals surface area contributed by atoms with Gasteiger partial charge in [0.25, 0.3) is 5.91 Å². The van der Waals surface area contributed by atoms with Gasteiger partial charge >= 0.3 is 0 Å². The van der Waals surface area contributed by atoms with Crippen molar-refractivity contribution in [1.29, 1.82) is 0 Å². The number of hydrogen-bond donors (Lipinski definition) is 3. The van der Waals surface area contributed by atoms with Crippen LogP contribution >= 0.6 is 0 Å². The van der Waals surface area contributed by atoms with Crippen LogP contribution in [0, 0.1) is 0 Å². The number of amides is 3. The van der Waals surface area contributed by atoms with Crippen molar-refractivity contribution in [3.8, 4) is 0 Å². The summed E-state index contributed by atoms with van der Waals surface area (Å²) in [7, 11) is 9.34. The zero-order valence-electron chi connectivity index (χ0n) is 35.1. The number of allylic oxidation sites excluding steroid dienone is 4. The summed E-state index contributed by atoms with van der Waals surface area (Å²) >= 11 is 0. The second-order valence-electron chi connectivity index (χ2n) is 16.6. The Balaban J connectivity index is 1.19. The number of aromatic amines is 2. The molecular formula is C48H55N9O3. The van der Waals surface area contributed by atoms with Gasteiger partial charge in [-0.3, -0.25) is 24.2 Å². The van der Waals surface area contributed by atoms with Crippen molar-refractivity contribution in [3.05, 3.63) is 161 Å². The number of imidazole rings is 2. The van der Waals surface area contributed by atoms with E-state index in [9.17, 15) is 14.4 Å². The van der Waals surface area contributed by atoms with Crippen molar-refractivity contribution in [2.24, 2.45) is 0 Å². The molecule has 2 aliphatic heterocycles. The van der Waals surface area contributed by atoms with Crippen molar-refractivity contribution >= 4 is 23.3 Å². The monoisotopic (exact) mass is 805 g/mol. The summed E-state index contributed by atoms with van der Waals surface area (Å²) in [5.41, 5.74) is 4.78. The maximum atomic E-state index is 14.5. The summed E-state index contributed by atoms with van der Waals surface area (Å²) in [4.78, 5) is 68.0. The molecule has 60 heavy (non-hydrogen) atoms. The molecule has 0 saturated carbocycles. The third-order valence-corrected chi connectivity index (χ3v) is 12.4. The van der Waals surface area contributed by atoms with Gasteiger partial charge in [-0.25, -0.2) is 9.97 Å². The summed E-state index contributed by atoms with van der Waals surface area (Å²) in [5.74, 6) is 0.986. The van der Waals surface area contributed by atoms with Crippen LogP contribution in [0.15, 0.2) is 115 Å². The molecule has 8 rings (SSSR count). The second kappa shape index (κ2) is 17.2. The fraction of sp³-hybridized carbons (Fsp3) is 0.354. The summed E-state index contributed by atoms with van der Waals surface area (Å²) in [6.07, 6.45) is 11.9. The number of likely N-dealkylation sites (tertiary alicyclic amines) is 2. The van der Waals surface area contributed by atoms with Crippen LogP contribution in [-0.4, -0.2) is 106 Å². The molecule has 0 spiro atoms. The highest BCUT2D eigenvalue weighted by Crippen LogP contribution is 2.45. The highest BCUT2D eigenvalue weighted by molar-refractivity contribution is 5.94. The lowest BCUT2D eigenvalue weighted by molar-refractivity contribution is -0.138. The number of nitrogens with one attached hydrogen (secondary N) is 3. The molecule has 5 atom stereocenters. The molecule has 0 radical (unpaired) electrons. The minimum atomic E-state index is -0.913. The number of carbonyl (C=O) groups excluding carboxylic acids is 3. The van der Waals surface area contributed by atoms with E-state index in [0.29, 0.717) is 43.3 Å². The molecule has 3 aliphatic rings. The number of hydrogen-bond acceptors (Lipinski definition) is 7. The Morgan fingerprint density at radius 1 is 0.750 bits per heavy atom. The van der Waals surface area contributed by atoms with Crippen molar-refractivity contribution in [2.45, 2.75) is 61.7 Å². The molecule has 2 fully saturated rings. The van der Waals surface area contributed by atoms with Crippen molar-refractivity contribution in [1.82, 2.24) is 44.9 Å². The van der Waals surface area contributed by atoms with Gasteiger partial charge in [0, 0.05) is 26.3 Å². The maximum absolute atomic E-state index is 14.5. The van der Waals surface area contributed by atoms with E-state index in [4.69, 9.17) is 9.97 Å². The molecule has 0 bridgehead atoms. The predicted octanol–water partition coefficient (Wildman–Crippen LogP) is 6.75. The van der Waals surface area contributed by atoms with E-state index in [1.165, 1.54) is 0 Å². The number of aromatic nitrogens is 4. The van der Waals surface area contributed by atoms with E-state index >= 15 is 0 Å². The van der Waals surface area contributed by atoms with Gasteiger partial charge in [0.2, 0.25) is 11.8 Å². The van der Waals surface area contributed by atoms with Crippen LogP contribution in [0.5, 0.6) is 0 Å². The van der Waals surface area contributed by atoms with Crippen LogP contribution in [-0.2, 0) is 15.0 Å². The SMILES string of the molecule is CNC(=O)c1nc([C@@H]2CCCN2C(=O)[C@@H](c2ccccc2)N(C)C)[nH]c1C1(c2cnc([C@@H]3CCCN3C(=O)[C@@H](c3ccccc3)N(C)C)[nH]2)C=CC(c2ccccc2)=CC1. The lowest BCUT2D eigenvalue weighted by Crippen LogP contribution is -2.40. The summed E-state index contributed by atoms with van der Waals surface area (Å²) in [5, 5.41) is 2.84. The minimum Gasteiger partial charge on any atom is -0.354 e. The quantitative estimate of drug-likeness (QED) is 0.127. The fourth-order valence-corrected chi connectivity index (χ4v) is 9.43. The summed E-state index contributed by atoms with van der Waals surface area (Å²) in [6, 6.07) is 28.5. The predicted molar refractivity (Wildman–Crippen MR) is 233 cm³/mol. The number of nitrogens with zero attached hydrogens (tertiary/aromatic N) is 6. The number of carbonyl (C=O) groups is 3. The normalized spacial score (nSPS) is 21.4. The number of H-pyrrole nitrogens is 2. The standard InChI is InChI=1S/C48H55N9O3/c1-49-45(58)39-42(53-44(52-39)37-24-16-30-57(37)47(60)41(55(4)5)35-21-13-8-14-22-35)48(27-25-33(26-28-48)32-17-9-6-10-18-32)38-31-50-43(51-38)36-23-15-29-56(36)46(59)40(54(2)3)34-19-11-7-12-20-34/h6-14,17-22,25-27,31,36-37,40-41H,15-16,23-24,28-30H2,1-5H3,(H,49,58)(H,50,51)(H,52,53)/t36-,37-,40+,41+,48?/m0/s1. The van der Waals surface area contributed by atoms with Crippen LogP contribution in [0.4, 0.5) is 0 Å². The van der Waals surface area contributed by atoms with Gasteiger partial charge in [-0.15, -0.1) is 0 Å². The van der Waals surface area contributed by atoms with Crippen LogP contribution < -0.4 is 5.32 Å². The lowest BCUT2D eigenvalue weighted by Gasteiger charge is -2.33. The average molecular weight is 806 g/mol. The molecule has 4 heterocycles. The first-order valence-corrected chi connectivity index (χ1v) is 21.0. The van der Waals surface area contributed by atoms with E-state index in [1.54, 1.807) is 7.05 Å². The Labute approximate surface area is 352 Å². The molecule has 2 saturated heterocycles. The third kappa shape index (κ3) is 7.61. The Hall–Kier alpha value is -6.11. The number of likely N-dealkylation sites (N-methyl/N-ethyl adjacent to an activating group) is 2. The number of benzene rings is 3. The van der Waals surface area contributed by atoms with Gasteiger partial charge in [0.05, 0.1) is 28.9 Å². The Bertz CT molecular complexity index is 2370. The Kier molecular flexibility index (Phi) is 11.7. The summed E-state index contributed by atoms with van der Waals surface area (Å²) in [6.45, 7) is 1.21. The van der Waals surface area contributed by atoms with E-state index < -0.39 is 17.5 Å². The van der Waals surface area contributed by atoms with Crippen molar-refractivity contribution in [2.75, 3.05) is 48.3 Å². The maximum Gasteiger partial charge on any atom is 0.271 e. The topological polar surface area (TPSA) is 134 Å². The van der Waals surface area contributed by atoms with Gasteiger partial charge in [0.1, 0.15) is 23.7 Å².